The molecular formula is C14H21NO. The highest BCUT2D eigenvalue weighted by Crippen LogP contribution is 2.38. The Labute approximate surface area is 97.7 Å². The van der Waals surface area contributed by atoms with Crippen molar-refractivity contribution in [1.82, 2.24) is 5.32 Å². The minimum absolute atomic E-state index is 0.217. The van der Waals surface area contributed by atoms with Crippen LogP contribution in [0.3, 0.4) is 0 Å². The summed E-state index contributed by atoms with van der Waals surface area (Å²) in [5.41, 5.74) is 0.400. The second kappa shape index (κ2) is 4.98. The fraction of sp³-hybridized carbons (Fsp3) is 0.571. The van der Waals surface area contributed by atoms with E-state index in [1.54, 1.807) is 0 Å². The zero-order valence-electron chi connectivity index (χ0n) is 9.95. The maximum absolute atomic E-state index is 10.8. The summed E-state index contributed by atoms with van der Waals surface area (Å²) >= 11 is 0. The van der Waals surface area contributed by atoms with Gasteiger partial charge in [0.25, 0.3) is 0 Å². The van der Waals surface area contributed by atoms with Crippen molar-refractivity contribution < 1.29 is 5.11 Å². The molecule has 1 unspecified atom stereocenters. The van der Waals surface area contributed by atoms with Crippen molar-refractivity contribution in [3.63, 3.8) is 0 Å². The third-order valence-electron chi connectivity index (χ3n) is 3.54. The molecule has 2 atom stereocenters. The molecule has 2 N–H and O–H groups in total. The molecule has 0 radical (unpaired) electrons. The van der Waals surface area contributed by atoms with Crippen LogP contribution in [0, 0.1) is 0 Å². The van der Waals surface area contributed by atoms with E-state index >= 15 is 0 Å². The van der Waals surface area contributed by atoms with Crippen molar-refractivity contribution in [2.24, 2.45) is 0 Å². The molecule has 1 aromatic rings. The Hall–Kier alpha value is -0.860. The molecule has 2 nitrogen and oxygen atoms in total. The monoisotopic (exact) mass is 219 g/mol. The molecule has 1 aliphatic carbocycles. The lowest BCUT2D eigenvalue weighted by Crippen LogP contribution is -2.44. The minimum Gasteiger partial charge on any atom is -0.384 e. The van der Waals surface area contributed by atoms with E-state index in [1.807, 2.05) is 30.3 Å². The molecule has 0 spiro atoms. The van der Waals surface area contributed by atoms with Gasteiger partial charge in [0.2, 0.25) is 0 Å². The Morgan fingerprint density at radius 1 is 1.38 bits per heavy atom. The molecule has 0 saturated heterocycles. The maximum atomic E-state index is 10.8. The van der Waals surface area contributed by atoms with Crippen LogP contribution in [0.25, 0.3) is 0 Å². The van der Waals surface area contributed by atoms with Crippen molar-refractivity contribution in [1.29, 1.82) is 0 Å². The van der Waals surface area contributed by atoms with Crippen LogP contribution in [-0.4, -0.2) is 17.7 Å². The lowest BCUT2D eigenvalue weighted by molar-refractivity contribution is 0.0162. The van der Waals surface area contributed by atoms with Crippen molar-refractivity contribution in [2.45, 2.75) is 44.2 Å². The predicted molar refractivity (Wildman–Crippen MR) is 66.3 cm³/mol. The smallest absolute Gasteiger partial charge is 0.105 e. The SMILES string of the molecule is CCCN[C@H]1CCCC1(O)c1ccccc1. The number of hydrogen-bond donors (Lipinski definition) is 2. The molecule has 2 heteroatoms. The summed E-state index contributed by atoms with van der Waals surface area (Å²) in [6.45, 7) is 3.14. The molecule has 2 rings (SSSR count). The fourth-order valence-corrected chi connectivity index (χ4v) is 2.65. The molecule has 88 valence electrons. The lowest BCUT2D eigenvalue weighted by Gasteiger charge is -2.31. The Balaban J connectivity index is 2.16. The van der Waals surface area contributed by atoms with Crippen LogP contribution in [0.15, 0.2) is 30.3 Å². The molecule has 1 fully saturated rings. The van der Waals surface area contributed by atoms with Gasteiger partial charge in [0, 0.05) is 6.04 Å². The van der Waals surface area contributed by atoms with E-state index in [1.165, 1.54) is 0 Å². The van der Waals surface area contributed by atoms with Gasteiger partial charge in [-0.15, -0.1) is 0 Å². The second-order valence-corrected chi connectivity index (χ2v) is 4.69. The van der Waals surface area contributed by atoms with Gasteiger partial charge in [0.1, 0.15) is 5.60 Å². The highest BCUT2D eigenvalue weighted by atomic mass is 16.3. The Morgan fingerprint density at radius 2 is 2.12 bits per heavy atom. The van der Waals surface area contributed by atoms with Crippen LogP contribution in [0.4, 0.5) is 0 Å². The lowest BCUT2D eigenvalue weighted by atomic mass is 9.88. The van der Waals surface area contributed by atoms with Crippen LogP contribution in [0.5, 0.6) is 0 Å². The van der Waals surface area contributed by atoms with Crippen molar-refractivity contribution in [3.8, 4) is 0 Å². The largest absolute Gasteiger partial charge is 0.384 e. The predicted octanol–water partition coefficient (Wildman–Crippen LogP) is 2.43. The average molecular weight is 219 g/mol. The van der Waals surface area contributed by atoms with Crippen molar-refractivity contribution in [2.75, 3.05) is 6.54 Å². The normalized spacial score (nSPS) is 29.5. The zero-order chi connectivity index (χ0) is 11.4. The molecule has 16 heavy (non-hydrogen) atoms. The van der Waals surface area contributed by atoms with E-state index in [0.29, 0.717) is 0 Å². The number of hydrogen-bond acceptors (Lipinski definition) is 2. The number of benzene rings is 1. The van der Waals surface area contributed by atoms with Gasteiger partial charge in [-0.3, -0.25) is 0 Å². The van der Waals surface area contributed by atoms with E-state index in [2.05, 4.69) is 12.2 Å². The van der Waals surface area contributed by atoms with Crippen LogP contribution in [-0.2, 0) is 5.60 Å². The number of rotatable bonds is 4. The topological polar surface area (TPSA) is 32.3 Å². The summed E-state index contributed by atoms with van der Waals surface area (Å²) in [7, 11) is 0. The van der Waals surface area contributed by atoms with Gasteiger partial charge in [0.05, 0.1) is 0 Å². The number of aliphatic hydroxyl groups is 1. The molecule has 0 aromatic heterocycles. The molecule has 0 bridgehead atoms. The number of nitrogens with one attached hydrogen (secondary N) is 1. The third-order valence-corrected chi connectivity index (χ3v) is 3.54. The molecule has 0 heterocycles. The van der Waals surface area contributed by atoms with E-state index < -0.39 is 5.60 Å². The Bertz CT molecular complexity index is 325. The first-order valence-corrected chi connectivity index (χ1v) is 6.28. The van der Waals surface area contributed by atoms with Gasteiger partial charge in [-0.05, 0) is 37.8 Å². The molecule has 1 saturated carbocycles. The molecular weight excluding hydrogens is 198 g/mol. The van der Waals surface area contributed by atoms with Crippen molar-refractivity contribution in [3.05, 3.63) is 35.9 Å². The molecule has 0 aliphatic heterocycles. The van der Waals surface area contributed by atoms with Gasteiger partial charge in [-0.2, -0.15) is 0 Å². The highest BCUT2D eigenvalue weighted by molar-refractivity contribution is 5.25. The summed E-state index contributed by atoms with van der Waals surface area (Å²) in [6, 6.07) is 10.3. The van der Waals surface area contributed by atoms with Crippen LogP contribution >= 0.6 is 0 Å². The molecule has 1 aromatic carbocycles. The van der Waals surface area contributed by atoms with E-state index in [0.717, 1.165) is 37.8 Å². The fourth-order valence-electron chi connectivity index (χ4n) is 2.65. The standard InChI is InChI=1S/C14H21NO/c1-2-11-15-13-9-6-10-14(13,16)12-7-4-3-5-8-12/h3-5,7-8,13,15-16H,2,6,9-11H2,1H3/t13-,14?/m0/s1. The second-order valence-electron chi connectivity index (χ2n) is 4.69. The van der Waals surface area contributed by atoms with Gasteiger partial charge in [0.15, 0.2) is 0 Å². The molecule has 1 aliphatic rings. The summed E-state index contributed by atoms with van der Waals surface area (Å²) < 4.78 is 0. The Kier molecular flexibility index (Phi) is 3.62. The summed E-state index contributed by atoms with van der Waals surface area (Å²) in [4.78, 5) is 0. The highest BCUT2D eigenvalue weighted by Gasteiger charge is 2.41. The van der Waals surface area contributed by atoms with E-state index in [-0.39, 0.29) is 6.04 Å². The van der Waals surface area contributed by atoms with Gasteiger partial charge >= 0.3 is 0 Å². The van der Waals surface area contributed by atoms with Crippen LogP contribution in [0.1, 0.15) is 38.2 Å². The first kappa shape index (κ1) is 11.6. The average Bonchev–Trinajstić information content (AvgIpc) is 2.71. The summed E-state index contributed by atoms with van der Waals surface area (Å²) in [5.74, 6) is 0. The Morgan fingerprint density at radius 3 is 2.81 bits per heavy atom. The quantitative estimate of drug-likeness (QED) is 0.815. The minimum atomic E-state index is -0.656. The van der Waals surface area contributed by atoms with Gasteiger partial charge in [-0.25, -0.2) is 0 Å². The van der Waals surface area contributed by atoms with Crippen LogP contribution < -0.4 is 5.32 Å². The van der Waals surface area contributed by atoms with E-state index in [4.69, 9.17) is 0 Å². The zero-order valence-corrected chi connectivity index (χ0v) is 9.95. The van der Waals surface area contributed by atoms with Crippen molar-refractivity contribution >= 4 is 0 Å². The summed E-state index contributed by atoms with van der Waals surface area (Å²) in [6.07, 6.45) is 4.16. The van der Waals surface area contributed by atoms with Gasteiger partial charge < -0.3 is 10.4 Å². The first-order valence-electron chi connectivity index (χ1n) is 6.28. The molecule has 0 amide bonds. The third kappa shape index (κ3) is 2.13. The summed E-state index contributed by atoms with van der Waals surface area (Å²) in [5, 5.41) is 14.3. The van der Waals surface area contributed by atoms with Crippen LogP contribution in [0.2, 0.25) is 0 Å². The van der Waals surface area contributed by atoms with E-state index in [9.17, 15) is 5.11 Å². The van der Waals surface area contributed by atoms with Gasteiger partial charge in [-0.1, -0.05) is 37.3 Å². The maximum Gasteiger partial charge on any atom is 0.105 e. The first-order chi connectivity index (χ1) is 7.77.